The number of allylic oxidation sites excluding steroid dienone is 6. The Balaban J connectivity index is -0.000000497. The van der Waals surface area contributed by atoms with Crippen LogP contribution >= 0.6 is 0 Å². The molecule has 0 aliphatic carbocycles. The van der Waals surface area contributed by atoms with Crippen molar-refractivity contribution in [3.63, 3.8) is 0 Å². The van der Waals surface area contributed by atoms with Gasteiger partial charge in [-0.3, -0.25) is 4.79 Å². The van der Waals surface area contributed by atoms with Crippen molar-refractivity contribution in [3.05, 3.63) is 119 Å². The molecular weight excluding hydrogens is 491 g/mol. The summed E-state index contributed by atoms with van der Waals surface area (Å²) in [5, 5.41) is 0. The van der Waals surface area contributed by atoms with Crippen molar-refractivity contribution in [1.29, 1.82) is 0 Å². The number of Topliss-reactive ketones (excluding diaryl/α,β-unsaturated/α-hetero) is 1. The zero-order valence-corrected chi connectivity index (χ0v) is 27.5. The quantitative estimate of drug-likeness (QED) is 0.163. The van der Waals surface area contributed by atoms with Crippen LogP contribution < -0.4 is 0 Å². The summed E-state index contributed by atoms with van der Waals surface area (Å²) in [6, 6.07) is 15.0. The molecule has 0 atom stereocenters. The molecule has 0 unspecified atom stereocenters. The molecule has 0 heterocycles. The third-order valence-corrected chi connectivity index (χ3v) is 5.80. The lowest BCUT2D eigenvalue weighted by Gasteiger charge is -2.03. The van der Waals surface area contributed by atoms with Crippen LogP contribution in [0.1, 0.15) is 111 Å². The predicted octanol–water partition coefficient (Wildman–Crippen LogP) is 12.3. The summed E-state index contributed by atoms with van der Waals surface area (Å²) in [6.45, 7) is 27.2. The maximum Gasteiger partial charge on any atom is 0.154 e. The van der Waals surface area contributed by atoms with Gasteiger partial charge in [0.1, 0.15) is 5.82 Å². The fraction of sp³-hybridized carbons (Fsp3) is 0.447. The summed E-state index contributed by atoms with van der Waals surface area (Å²) < 4.78 is 12.7. The number of hydrogen-bond acceptors (Lipinski definition) is 1. The molecule has 40 heavy (non-hydrogen) atoms. The third kappa shape index (κ3) is 28.0. The lowest BCUT2D eigenvalue weighted by molar-refractivity contribution is -0.113. The minimum absolute atomic E-state index is 0.0648. The number of halogens is 1. The van der Waals surface area contributed by atoms with Crippen LogP contribution in [0.25, 0.3) is 0 Å². The average molecular weight is 551 g/mol. The van der Waals surface area contributed by atoms with Crippen LogP contribution in [0, 0.1) is 19.7 Å². The minimum atomic E-state index is -0.179. The monoisotopic (exact) mass is 550 g/mol. The van der Waals surface area contributed by atoms with Gasteiger partial charge in [0.25, 0.3) is 0 Å². The molecule has 224 valence electrons. The van der Waals surface area contributed by atoms with Gasteiger partial charge in [-0.1, -0.05) is 139 Å². The largest absolute Gasteiger partial charge is 0.295 e. The van der Waals surface area contributed by atoms with E-state index in [2.05, 4.69) is 77.3 Å². The van der Waals surface area contributed by atoms with Crippen molar-refractivity contribution in [2.24, 2.45) is 0 Å². The second kappa shape index (κ2) is 29.0. The van der Waals surface area contributed by atoms with Gasteiger partial charge in [0.05, 0.1) is 0 Å². The van der Waals surface area contributed by atoms with Crippen molar-refractivity contribution in [2.75, 3.05) is 0 Å². The molecule has 0 radical (unpaired) electrons. The Hall–Kier alpha value is -3.00. The molecule has 0 aromatic heterocycles. The SMILES string of the molecule is C=C(C)/C=C\C(=C/C)CCc1ccc(F)cc1.C=C(C)C(C)=O.CC.CCCCCCC.Cc1ccccc1C. The van der Waals surface area contributed by atoms with Gasteiger partial charge in [0, 0.05) is 0 Å². The molecule has 0 spiro atoms. The average Bonchev–Trinajstić information content (AvgIpc) is 2.94. The first-order valence-electron chi connectivity index (χ1n) is 14.9. The van der Waals surface area contributed by atoms with Crippen molar-refractivity contribution in [2.45, 2.75) is 114 Å². The van der Waals surface area contributed by atoms with Gasteiger partial charge in [-0.25, -0.2) is 4.39 Å². The third-order valence-electron chi connectivity index (χ3n) is 5.80. The molecule has 2 heteroatoms. The number of carbonyl (C=O) groups is 1. The summed E-state index contributed by atoms with van der Waals surface area (Å²) in [6.07, 6.45) is 15.1. The molecule has 0 bridgehead atoms. The highest BCUT2D eigenvalue weighted by Gasteiger charge is 1.96. The van der Waals surface area contributed by atoms with Gasteiger partial charge in [0.2, 0.25) is 0 Å². The van der Waals surface area contributed by atoms with Crippen LogP contribution in [-0.4, -0.2) is 5.78 Å². The Morgan fingerprint density at radius 2 is 1.25 bits per heavy atom. The van der Waals surface area contributed by atoms with Crippen molar-refractivity contribution >= 4 is 5.78 Å². The summed E-state index contributed by atoms with van der Waals surface area (Å²) in [4.78, 5) is 10.0. The zero-order chi connectivity index (χ0) is 31.3. The summed E-state index contributed by atoms with van der Waals surface area (Å²) >= 11 is 0. The van der Waals surface area contributed by atoms with Crippen LogP contribution in [0.4, 0.5) is 4.39 Å². The van der Waals surface area contributed by atoms with E-state index in [1.807, 2.05) is 45.9 Å². The Labute approximate surface area is 248 Å². The molecule has 0 aliphatic heterocycles. The van der Waals surface area contributed by atoms with Crippen LogP contribution in [0.3, 0.4) is 0 Å². The smallest absolute Gasteiger partial charge is 0.154 e. The molecule has 2 rings (SSSR count). The number of carbonyl (C=O) groups excluding carboxylic acids is 1. The molecule has 1 nitrogen and oxygen atoms in total. The number of hydrogen-bond donors (Lipinski definition) is 0. The first-order chi connectivity index (χ1) is 19.0. The summed E-state index contributed by atoms with van der Waals surface area (Å²) in [5.74, 6) is -0.114. The Morgan fingerprint density at radius 3 is 1.57 bits per heavy atom. The molecule has 0 saturated heterocycles. The van der Waals surface area contributed by atoms with E-state index in [4.69, 9.17) is 0 Å². The fourth-order valence-corrected chi connectivity index (χ4v) is 2.85. The van der Waals surface area contributed by atoms with Crippen molar-refractivity contribution < 1.29 is 9.18 Å². The Morgan fingerprint density at radius 1 is 0.800 bits per heavy atom. The lowest BCUT2D eigenvalue weighted by atomic mass is 10.0. The lowest BCUT2D eigenvalue weighted by Crippen LogP contribution is -1.88. The number of ketones is 1. The van der Waals surface area contributed by atoms with E-state index in [9.17, 15) is 9.18 Å². The first kappa shape index (κ1) is 41.5. The van der Waals surface area contributed by atoms with Crippen molar-refractivity contribution in [3.8, 4) is 0 Å². The van der Waals surface area contributed by atoms with Gasteiger partial charge in [-0.2, -0.15) is 0 Å². The van der Waals surface area contributed by atoms with Crippen LogP contribution in [-0.2, 0) is 11.2 Å². The molecule has 0 fully saturated rings. The topological polar surface area (TPSA) is 17.1 Å². The maximum absolute atomic E-state index is 12.7. The van der Waals surface area contributed by atoms with Crippen molar-refractivity contribution in [1.82, 2.24) is 0 Å². The van der Waals surface area contributed by atoms with E-state index in [-0.39, 0.29) is 11.6 Å². The molecule has 0 amide bonds. The van der Waals surface area contributed by atoms with E-state index in [0.29, 0.717) is 5.57 Å². The van der Waals surface area contributed by atoms with Gasteiger partial charge >= 0.3 is 0 Å². The summed E-state index contributed by atoms with van der Waals surface area (Å²) in [7, 11) is 0. The molecule has 2 aromatic rings. The van der Waals surface area contributed by atoms with Crippen LogP contribution in [0.5, 0.6) is 0 Å². The maximum atomic E-state index is 12.7. The standard InChI is InChI=1S/C16H19F.C8H10.C7H16.C5H8O.C2H6/c1-4-14(6-5-13(2)3)7-8-15-9-11-16(17)12-10-15;1-7-5-3-4-6-8(7)2;1-3-5-7-6-4-2;1-4(2)5(3)6;1-2/h4-6,9-12H,2,7-8H2,1,3H3;3-6H,1-2H3;3-7H2,1-2H3;1H2,2-3H3;1-2H3/b6-5-,14-4+;;;;. The van der Waals surface area contributed by atoms with Gasteiger partial charge in [-0.05, 0) is 88.8 Å². The van der Waals surface area contributed by atoms with Gasteiger partial charge in [0.15, 0.2) is 5.78 Å². The highest BCUT2D eigenvalue weighted by molar-refractivity contribution is 5.91. The fourth-order valence-electron chi connectivity index (χ4n) is 2.85. The number of rotatable bonds is 10. The molecule has 0 saturated carbocycles. The summed E-state index contributed by atoms with van der Waals surface area (Å²) in [5.41, 5.74) is 6.84. The number of aryl methyl sites for hydroxylation is 3. The number of benzene rings is 2. The molecule has 2 aromatic carbocycles. The first-order valence-corrected chi connectivity index (χ1v) is 14.9. The highest BCUT2D eigenvalue weighted by atomic mass is 19.1. The van der Waals surface area contributed by atoms with Gasteiger partial charge < -0.3 is 0 Å². The van der Waals surface area contributed by atoms with E-state index in [1.165, 1.54) is 67.9 Å². The van der Waals surface area contributed by atoms with E-state index in [0.717, 1.165) is 24.0 Å². The van der Waals surface area contributed by atoms with E-state index >= 15 is 0 Å². The molecular formula is C38H59FO. The number of unbranched alkanes of at least 4 members (excludes halogenated alkanes) is 4. The predicted molar refractivity (Wildman–Crippen MR) is 180 cm³/mol. The second-order valence-corrected chi connectivity index (χ2v) is 9.65. The Bertz CT molecular complexity index is 940. The second-order valence-electron chi connectivity index (χ2n) is 9.65. The molecule has 0 aliphatic rings. The molecule has 0 N–H and O–H groups in total. The zero-order valence-electron chi connectivity index (χ0n) is 27.5. The minimum Gasteiger partial charge on any atom is -0.295 e. The van der Waals surface area contributed by atoms with E-state index in [1.54, 1.807) is 6.92 Å². The normalized spacial score (nSPS) is 9.93. The van der Waals surface area contributed by atoms with Crippen LogP contribution in [0.15, 0.2) is 96.6 Å². The highest BCUT2D eigenvalue weighted by Crippen LogP contribution is 2.12. The van der Waals surface area contributed by atoms with Gasteiger partial charge in [-0.15, -0.1) is 0 Å². The van der Waals surface area contributed by atoms with Crippen LogP contribution in [0.2, 0.25) is 0 Å². The van der Waals surface area contributed by atoms with E-state index < -0.39 is 0 Å². The Kier molecular flexibility index (Phi) is 30.1.